The second kappa shape index (κ2) is 7.61. The van der Waals surface area contributed by atoms with Crippen molar-refractivity contribution in [2.24, 2.45) is 7.05 Å². The van der Waals surface area contributed by atoms with Gasteiger partial charge in [0, 0.05) is 11.5 Å². The van der Waals surface area contributed by atoms with Crippen LogP contribution >= 0.6 is 27.5 Å². The van der Waals surface area contributed by atoms with E-state index in [0.717, 1.165) is 45.2 Å². The number of halogens is 2. The van der Waals surface area contributed by atoms with Gasteiger partial charge in [-0.3, -0.25) is 4.57 Å². The summed E-state index contributed by atoms with van der Waals surface area (Å²) in [6.07, 6.45) is 2.17. The number of rotatable bonds is 5. The van der Waals surface area contributed by atoms with E-state index in [-0.39, 0.29) is 0 Å². The SMILES string of the molecule is CCC(CC)c1ccc(Cl)c2nc(Oc3c(C)cc(Br)cc3C)n(C)c12. The van der Waals surface area contributed by atoms with Crippen molar-refractivity contribution in [3.8, 4) is 11.8 Å². The van der Waals surface area contributed by atoms with Gasteiger partial charge in [0.25, 0.3) is 0 Å². The lowest BCUT2D eigenvalue weighted by Gasteiger charge is -2.16. The van der Waals surface area contributed by atoms with Crippen LogP contribution in [-0.2, 0) is 7.05 Å². The van der Waals surface area contributed by atoms with Gasteiger partial charge >= 0.3 is 6.01 Å². The van der Waals surface area contributed by atoms with Gasteiger partial charge in [0.2, 0.25) is 0 Å². The molecule has 0 radical (unpaired) electrons. The Balaban J connectivity index is 2.16. The molecule has 5 heteroatoms. The van der Waals surface area contributed by atoms with E-state index >= 15 is 0 Å². The molecule has 1 heterocycles. The highest BCUT2D eigenvalue weighted by atomic mass is 79.9. The molecule has 3 rings (SSSR count). The Hall–Kier alpha value is -1.52. The molecule has 0 aliphatic rings. The normalized spacial score (nSPS) is 11.5. The van der Waals surface area contributed by atoms with Crippen LogP contribution in [0.3, 0.4) is 0 Å². The molecular formula is C21H24BrClN2O. The summed E-state index contributed by atoms with van der Waals surface area (Å²) in [6, 6.07) is 8.74. The summed E-state index contributed by atoms with van der Waals surface area (Å²) < 4.78 is 9.31. The number of imidazole rings is 1. The first kappa shape index (κ1) is 19.2. The first-order chi connectivity index (χ1) is 12.4. The van der Waals surface area contributed by atoms with Crippen LogP contribution in [0.15, 0.2) is 28.7 Å². The molecule has 0 fully saturated rings. The smallest absolute Gasteiger partial charge is 0.302 e. The number of nitrogens with zero attached hydrogens (tertiary/aromatic N) is 2. The molecule has 0 aliphatic heterocycles. The summed E-state index contributed by atoms with van der Waals surface area (Å²) >= 11 is 9.99. The van der Waals surface area contributed by atoms with E-state index in [1.54, 1.807) is 0 Å². The van der Waals surface area contributed by atoms with Gasteiger partial charge in [-0.1, -0.05) is 47.4 Å². The number of hydrogen-bond donors (Lipinski definition) is 0. The van der Waals surface area contributed by atoms with E-state index in [0.29, 0.717) is 17.0 Å². The minimum Gasteiger partial charge on any atom is -0.425 e. The fraction of sp³-hybridized carbons (Fsp3) is 0.381. The third-order valence-corrected chi connectivity index (χ3v) is 5.77. The Bertz CT molecular complexity index is 937. The molecule has 0 spiro atoms. The fourth-order valence-electron chi connectivity index (χ4n) is 3.59. The highest BCUT2D eigenvalue weighted by molar-refractivity contribution is 9.10. The summed E-state index contributed by atoms with van der Waals surface area (Å²) in [5.41, 5.74) is 5.28. The molecule has 0 saturated carbocycles. The summed E-state index contributed by atoms with van der Waals surface area (Å²) in [5, 5.41) is 0.657. The second-order valence-corrected chi connectivity index (χ2v) is 8.09. The van der Waals surface area contributed by atoms with Gasteiger partial charge in [-0.15, -0.1) is 0 Å². The van der Waals surface area contributed by atoms with Crippen LogP contribution in [0, 0.1) is 13.8 Å². The molecule has 0 bridgehead atoms. The van der Waals surface area contributed by atoms with Gasteiger partial charge in [-0.2, -0.15) is 4.98 Å². The minimum absolute atomic E-state index is 0.481. The summed E-state index contributed by atoms with van der Waals surface area (Å²) in [6.45, 7) is 8.52. The number of fused-ring (bicyclic) bond motifs is 1. The Morgan fingerprint density at radius 1 is 1.15 bits per heavy atom. The van der Waals surface area contributed by atoms with Crippen molar-refractivity contribution >= 4 is 38.6 Å². The molecule has 26 heavy (non-hydrogen) atoms. The van der Waals surface area contributed by atoms with Gasteiger partial charge < -0.3 is 4.74 Å². The van der Waals surface area contributed by atoms with Crippen LogP contribution in [0.2, 0.25) is 5.02 Å². The zero-order valence-electron chi connectivity index (χ0n) is 15.9. The lowest BCUT2D eigenvalue weighted by molar-refractivity contribution is 0.421. The van der Waals surface area contributed by atoms with Gasteiger partial charge in [0.15, 0.2) is 0 Å². The topological polar surface area (TPSA) is 27.1 Å². The summed E-state index contributed by atoms with van der Waals surface area (Å²) in [5.74, 6) is 1.32. The fourth-order valence-corrected chi connectivity index (χ4v) is 4.48. The van der Waals surface area contributed by atoms with Crippen molar-refractivity contribution in [3.63, 3.8) is 0 Å². The maximum Gasteiger partial charge on any atom is 0.302 e. The molecule has 2 aromatic carbocycles. The molecule has 138 valence electrons. The Labute approximate surface area is 168 Å². The Morgan fingerprint density at radius 3 is 2.35 bits per heavy atom. The van der Waals surface area contributed by atoms with Crippen molar-refractivity contribution < 1.29 is 4.74 Å². The van der Waals surface area contributed by atoms with Crippen LogP contribution in [0.25, 0.3) is 11.0 Å². The van der Waals surface area contributed by atoms with E-state index < -0.39 is 0 Å². The largest absolute Gasteiger partial charge is 0.425 e. The van der Waals surface area contributed by atoms with Crippen LogP contribution < -0.4 is 4.74 Å². The van der Waals surface area contributed by atoms with E-state index in [1.165, 1.54) is 5.56 Å². The van der Waals surface area contributed by atoms with Crippen molar-refractivity contribution in [2.75, 3.05) is 0 Å². The third-order valence-electron chi connectivity index (χ3n) is 5.01. The van der Waals surface area contributed by atoms with E-state index in [2.05, 4.69) is 35.8 Å². The monoisotopic (exact) mass is 434 g/mol. The molecule has 0 atom stereocenters. The Kier molecular flexibility index (Phi) is 5.64. The quantitative estimate of drug-likeness (QED) is 0.420. The average Bonchev–Trinajstić information content (AvgIpc) is 2.92. The Morgan fingerprint density at radius 2 is 1.77 bits per heavy atom. The molecule has 1 aromatic heterocycles. The average molecular weight is 436 g/mol. The maximum absolute atomic E-state index is 6.45. The minimum atomic E-state index is 0.481. The molecular weight excluding hydrogens is 412 g/mol. The number of aryl methyl sites for hydroxylation is 3. The molecule has 0 saturated heterocycles. The molecule has 3 nitrogen and oxygen atoms in total. The van der Waals surface area contributed by atoms with E-state index in [4.69, 9.17) is 21.3 Å². The van der Waals surface area contributed by atoms with E-state index in [9.17, 15) is 0 Å². The highest BCUT2D eigenvalue weighted by Gasteiger charge is 2.20. The second-order valence-electron chi connectivity index (χ2n) is 6.77. The number of aromatic nitrogens is 2. The van der Waals surface area contributed by atoms with Gasteiger partial charge in [0.1, 0.15) is 11.3 Å². The van der Waals surface area contributed by atoms with E-state index in [1.807, 2.05) is 43.7 Å². The van der Waals surface area contributed by atoms with Gasteiger partial charge in [-0.25, -0.2) is 0 Å². The van der Waals surface area contributed by atoms with Gasteiger partial charge in [-0.05, 0) is 67.5 Å². The van der Waals surface area contributed by atoms with Crippen molar-refractivity contribution in [1.82, 2.24) is 9.55 Å². The predicted octanol–water partition coefficient (Wildman–Crippen LogP) is 7.30. The van der Waals surface area contributed by atoms with Crippen molar-refractivity contribution in [1.29, 1.82) is 0 Å². The number of ether oxygens (including phenoxy) is 1. The summed E-state index contributed by atoms with van der Waals surface area (Å²) in [7, 11) is 2.00. The zero-order valence-corrected chi connectivity index (χ0v) is 18.2. The van der Waals surface area contributed by atoms with Crippen LogP contribution in [0.1, 0.15) is 49.3 Å². The first-order valence-corrected chi connectivity index (χ1v) is 10.1. The molecule has 3 aromatic rings. The zero-order chi connectivity index (χ0) is 19.0. The highest BCUT2D eigenvalue weighted by Crippen LogP contribution is 2.38. The standard InChI is InChI=1S/C21H24BrClN2O/c1-6-14(7-2)16-8-9-17(23)18-19(16)25(5)21(24-18)26-20-12(3)10-15(22)11-13(20)4/h8-11,14H,6-7H2,1-5H3. The lowest BCUT2D eigenvalue weighted by atomic mass is 9.93. The third kappa shape index (κ3) is 3.37. The van der Waals surface area contributed by atoms with Gasteiger partial charge in [0.05, 0.1) is 10.5 Å². The molecule has 0 N–H and O–H groups in total. The lowest BCUT2D eigenvalue weighted by Crippen LogP contribution is -2.01. The van der Waals surface area contributed by atoms with Crippen LogP contribution in [0.4, 0.5) is 0 Å². The van der Waals surface area contributed by atoms with Crippen molar-refractivity contribution in [3.05, 3.63) is 50.5 Å². The molecule has 0 aliphatic carbocycles. The number of hydrogen-bond acceptors (Lipinski definition) is 2. The maximum atomic E-state index is 6.45. The predicted molar refractivity (Wildman–Crippen MR) is 113 cm³/mol. The number of benzene rings is 2. The summed E-state index contributed by atoms with van der Waals surface area (Å²) in [4.78, 5) is 4.72. The van der Waals surface area contributed by atoms with Crippen LogP contribution in [0.5, 0.6) is 11.8 Å². The van der Waals surface area contributed by atoms with Crippen molar-refractivity contribution in [2.45, 2.75) is 46.5 Å². The molecule has 0 unspecified atom stereocenters. The first-order valence-electron chi connectivity index (χ1n) is 8.96. The molecule has 0 amide bonds. The van der Waals surface area contributed by atoms with Crippen LogP contribution in [-0.4, -0.2) is 9.55 Å².